The summed E-state index contributed by atoms with van der Waals surface area (Å²) in [6, 6.07) is 0.102. The summed E-state index contributed by atoms with van der Waals surface area (Å²) < 4.78 is 1.97. The minimum atomic E-state index is -0.178. The molecule has 2 aliphatic rings. The van der Waals surface area contributed by atoms with Crippen LogP contribution in [-0.2, 0) is 5.54 Å². The van der Waals surface area contributed by atoms with Crippen molar-refractivity contribution in [1.82, 2.24) is 24.6 Å². The maximum absolute atomic E-state index is 13.3. The molecular weight excluding hydrogens is 360 g/mol. The van der Waals surface area contributed by atoms with E-state index in [1.54, 1.807) is 17.5 Å². The number of hydrogen-bond donors (Lipinski definition) is 1. The van der Waals surface area contributed by atoms with E-state index in [-0.39, 0.29) is 17.5 Å². The van der Waals surface area contributed by atoms with E-state index in [2.05, 4.69) is 48.1 Å². The highest BCUT2D eigenvalue weighted by atomic mass is 32.1. The van der Waals surface area contributed by atoms with E-state index in [0.29, 0.717) is 5.56 Å². The van der Waals surface area contributed by atoms with Crippen molar-refractivity contribution in [3.63, 3.8) is 0 Å². The van der Waals surface area contributed by atoms with Crippen LogP contribution in [0.4, 0.5) is 5.82 Å². The fourth-order valence-corrected chi connectivity index (χ4v) is 4.83. The molecule has 0 bridgehead atoms. The molecule has 0 radical (unpaired) electrons. The Kier molecular flexibility index (Phi) is 4.71. The van der Waals surface area contributed by atoms with Crippen molar-refractivity contribution in [3.8, 4) is 0 Å². The molecule has 8 heteroatoms. The first-order chi connectivity index (χ1) is 12.8. The highest BCUT2D eigenvalue weighted by Crippen LogP contribution is 2.41. The molecule has 4 rings (SSSR count). The van der Waals surface area contributed by atoms with Gasteiger partial charge >= 0.3 is 0 Å². The van der Waals surface area contributed by atoms with Crippen molar-refractivity contribution in [2.45, 2.75) is 45.2 Å². The first-order valence-corrected chi connectivity index (χ1v) is 10.4. The summed E-state index contributed by atoms with van der Waals surface area (Å²) >= 11 is 1.71. The number of amides is 1. The smallest absolute Gasteiger partial charge is 0.259 e. The van der Waals surface area contributed by atoms with Crippen LogP contribution in [0.25, 0.3) is 0 Å². The first-order valence-electron chi connectivity index (χ1n) is 9.60. The van der Waals surface area contributed by atoms with Gasteiger partial charge < -0.3 is 15.1 Å². The second-order valence-corrected chi connectivity index (χ2v) is 9.56. The topological polar surface area (TPSA) is 66.3 Å². The molecule has 1 saturated heterocycles. The Hall–Kier alpha value is -1.93. The molecule has 7 nitrogen and oxygen atoms in total. The van der Waals surface area contributed by atoms with E-state index >= 15 is 0 Å². The monoisotopic (exact) mass is 388 g/mol. The predicted octanol–water partition coefficient (Wildman–Crippen LogP) is 2.72. The van der Waals surface area contributed by atoms with Gasteiger partial charge in [-0.05, 0) is 47.2 Å². The van der Waals surface area contributed by atoms with Crippen LogP contribution in [0.5, 0.6) is 0 Å². The maximum atomic E-state index is 13.3. The van der Waals surface area contributed by atoms with E-state index in [1.165, 1.54) is 4.88 Å². The highest BCUT2D eigenvalue weighted by molar-refractivity contribution is 7.11. The van der Waals surface area contributed by atoms with Crippen LogP contribution in [-0.4, -0.2) is 63.7 Å². The van der Waals surface area contributed by atoms with Gasteiger partial charge in [0, 0.05) is 30.7 Å². The number of aryl methyl sites for hydroxylation is 1. The molecule has 0 spiro atoms. The average molecular weight is 389 g/mol. The van der Waals surface area contributed by atoms with Crippen molar-refractivity contribution in [1.29, 1.82) is 0 Å². The summed E-state index contributed by atoms with van der Waals surface area (Å²) in [5, 5.41) is 9.21. The van der Waals surface area contributed by atoms with Crippen molar-refractivity contribution < 1.29 is 4.79 Å². The summed E-state index contributed by atoms with van der Waals surface area (Å²) in [5.74, 6) is 0.900. The number of aromatic nitrogens is 3. The van der Waals surface area contributed by atoms with Crippen molar-refractivity contribution in [2.75, 3.05) is 38.5 Å². The van der Waals surface area contributed by atoms with Crippen LogP contribution in [0, 0.1) is 6.92 Å². The lowest BCUT2D eigenvalue weighted by molar-refractivity contribution is 0.0763. The largest absolute Gasteiger partial charge is 0.360 e. The SMILES string of the molecule is Cc1cnc(C2CC(C)(C)n3ncc(C(=O)N4CCCN(C)CC4)c3N2)s1. The zero-order chi connectivity index (χ0) is 19.2. The van der Waals surface area contributed by atoms with Crippen LogP contribution in [0.1, 0.15) is 53.0 Å². The number of fused-ring (bicyclic) bond motifs is 1. The molecule has 2 aromatic heterocycles. The molecule has 0 aliphatic carbocycles. The number of carbonyl (C=O) groups is 1. The van der Waals surface area contributed by atoms with Gasteiger partial charge in [0.15, 0.2) is 0 Å². The highest BCUT2D eigenvalue weighted by Gasteiger charge is 2.38. The lowest BCUT2D eigenvalue weighted by atomic mass is 9.93. The van der Waals surface area contributed by atoms with Gasteiger partial charge in [-0.3, -0.25) is 4.79 Å². The standard InChI is InChI=1S/C19H28N6OS/c1-13-11-20-17(27-13)15-10-19(2,3)25-16(22-15)14(12-21-25)18(26)24-7-5-6-23(4)8-9-24/h11-12,15,22H,5-10H2,1-4H3. The molecule has 0 aromatic carbocycles. The minimum Gasteiger partial charge on any atom is -0.360 e. The van der Waals surface area contributed by atoms with E-state index in [0.717, 1.165) is 49.8 Å². The lowest BCUT2D eigenvalue weighted by Gasteiger charge is -2.37. The Morgan fingerprint density at radius 1 is 1.26 bits per heavy atom. The number of carbonyl (C=O) groups excluding carboxylic acids is 1. The summed E-state index contributed by atoms with van der Waals surface area (Å²) in [5.41, 5.74) is 0.494. The minimum absolute atomic E-state index is 0.0748. The quantitative estimate of drug-likeness (QED) is 0.857. The van der Waals surface area contributed by atoms with Crippen molar-refractivity contribution >= 4 is 23.1 Å². The van der Waals surface area contributed by atoms with E-state index in [4.69, 9.17) is 0 Å². The van der Waals surface area contributed by atoms with Crippen LogP contribution < -0.4 is 5.32 Å². The Labute approximate surface area is 164 Å². The number of nitrogens with one attached hydrogen (secondary N) is 1. The molecule has 146 valence electrons. The molecule has 1 unspecified atom stereocenters. The molecule has 1 amide bonds. The third-order valence-corrected chi connectivity index (χ3v) is 6.56. The number of nitrogens with zero attached hydrogens (tertiary/aromatic N) is 5. The van der Waals surface area contributed by atoms with Gasteiger partial charge in [-0.2, -0.15) is 5.10 Å². The van der Waals surface area contributed by atoms with Gasteiger partial charge in [-0.25, -0.2) is 9.67 Å². The Morgan fingerprint density at radius 3 is 2.81 bits per heavy atom. The van der Waals surface area contributed by atoms with Gasteiger partial charge in [0.1, 0.15) is 16.4 Å². The number of rotatable bonds is 2. The van der Waals surface area contributed by atoms with Crippen LogP contribution in [0.3, 0.4) is 0 Å². The molecule has 1 N–H and O–H groups in total. The predicted molar refractivity (Wildman–Crippen MR) is 107 cm³/mol. The van der Waals surface area contributed by atoms with Gasteiger partial charge in [-0.15, -0.1) is 11.3 Å². The second kappa shape index (κ2) is 6.91. The Morgan fingerprint density at radius 2 is 2.07 bits per heavy atom. The van der Waals surface area contributed by atoms with E-state index in [9.17, 15) is 4.79 Å². The number of hydrogen-bond acceptors (Lipinski definition) is 6. The number of anilines is 1. The van der Waals surface area contributed by atoms with E-state index in [1.807, 2.05) is 15.8 Å². The summed E-state index contributed by atoms with van der Waals surface area (Å²) in [6.45, 7) is 9.93. The van der Waals surface area contributed by atoms with Gasteiger partial charge in [0.05, 0.1) is 17.8 Å². The molecule has 4 heterocycles. The molecular formula is C19H28N6OS. The molecule has 2 aromatic rings. The fourth-order valence-electron chi connectivity index (χ4n) is 4.01. The maximum Gasteiger partial charge on any atom is 0.259 e. The number of thiazole rings is 1. The van der Waals surface area contributed by atoms with Crippen molar-refractivity contribution in [3.05, 3.63) is 27.8 Å². The summed E-state index contributed by atoms with van der Waals surface area (Å²) in [7, 11) is 2.11. The lowest BCUT2D eigenvalue weighted by Crippen LogP contribution is -2.39. The van der Waals surface area contributed by atoms with Gasteiger partial charge in [0.2, 0.25) is 0 Å². The molecule has 1 atom stereocenters. The molecule has 0 saturated carbocycles. The molecule has 27 heavy (non-hydrogen) atoms. The normalized spacial score (nSPS) is 22.8. The third-order valence-electron chi connectivity index (χ3n) is 5.53. The summed E-state index contributed by atoms with van der Waals surface area (Å²) in [6.07, 6.45) is 5.54. The van der Waals surface area contributed by atoms with Gasteiger partial charge in [0.25, 0.3) is 5.91 Å². The average Bonchev–Trinajstić information content (AvgIpc) is 3.17. The fraction of sp³-hybridized carbons (Fsp3) is 0.632. The van der Waals surface area contributed by atoms with E-state index < -0.39 is 0 Å². The number of likely N-dealkylation sites (N-methyl/N-ethyl adjacent to an activating group) is 1. The zero-order valence-corrected chi connectivity index (χ0v) is 17.3. The first kappa shape index (κ1) is 18.4. The zero-order valence-electron chi connectivity index (χ0n) is 16.5. The Bertz CT molecular complexity index is 841. The van der Waals surface area contributed by atoms with Crippen LogP contribution in [0.15, 0.2) is 12.4 Å². The van der Waals surface area contributed by atoms with Gasteiger partial charge in [-0.1, -0.05) is 0 Å². The third kappa shape index (κ3) is 3.48. The summed E-state index contributed by atoms with van der Waals surface area (Å²) in [4.78, 5) is 23.3. The Balaban J connectivity index is 1.64. The second-order valence-electron chi connectivity index (χ2n) is 8.29. The molecule has 2 aliphatic heterocycles. The van der Waals surface area contributed by atoms with Crippen LogP contribution in [0.2, 0.25) is 0 Å². The molecule has 1 fully saturated rings. The van der Waals surface area contributed by atoms with Crippen LogP contribution >= 0.6 is 11.3 Å². The van der Waals surface area contributed by atoms with Crippen molar-refractivity contribution in [2.24, 2.45) is 0 Å².